The molecule has 1 aromatic carbocycles. The van der Waals surface area contributed by atoms with Crippen molar-refractivity contribution in [2.75, 3.05) is 0 Å². The first-order valence-electron chi connectivity index (χ1n) is 4.54. The molecule has 1 heterocycles. The number of aromatic nitrogens is 2. The molecular weight excluding hydrogens is 274 g/mol. The number of rotatable bonds is 2. The summed E-state index contributed by atoms with van der Waals surface area (Å²) in [6.07, 6.45) is 3.28. The molecule has 0 aliphatic carbocycles. The number of halogens is 1. The quantitative estimate of drug-likeness (QED) is 0.628. The van der Waals surface area contributed by atoms with Gasteiger partial charge in [0.15, 0.2) is 0 Å². The summed E-state index contributed by atoms with van der Waals surface area (Å²) >= 11 is 3.26. The zero-order chi connectivity index (χ0) is 11.7. The summed E-state index contributed by atoms with van der Waals surface area (Å²) < 4.78 is 2.28. The molecule has 2 rings (SSSR count). The van der Waals surface area contributed by atoms with Crippen molar-refractivity contribution in [3.63, 3.8) is 0 Å². The molecule has 1 aromatic heterocycles. The highest BCUT2D eigenvalue weighted by Gasteiger charge is 2.17. The molecule has 0 bridgehead atoms. The number of hydrogen-bond acceptors (Lipinski definition) is 3. The van der Waals surface area contributed by atoms with Crippen LogP contribution in [0.25, 0.3) is 5.69 Å². The Hall–Kier alpha value is -1.69. The summed E-state index contributed by atoms with van der Waals surface area (Å²) in [5.41, 5.74) is 1.36. The maximum absolute atomic E-state index is 10.9. The van der Waals surface area contributed by atoms with E-state index in [-0.39, 0.29) is 5.69 Å². The Morgan fingerprint density at radius 1 is 1.50 bits per heavy atom. The maximum Gasteiger partial charge on any atom is 0.295 e. The van der Waals surface area contributed by atoms with Gasteiger partial charge in [-0.1, -0.05) is 12.1 Å². The highest BCUT2D eigenvalue weighted by Crippen LogP contribution is 2.26. The van der Waals surface area contributed by atoms with Gasteiger partial charge in [0.1, 0.15) is 5.69 Å². The van der Waals surface area contributed by atoms with Crippen molar-refractivity contribution in [1.29, 1.82) is 0 Å². The van der Waals surface area contributed by atoms with Gasteiger partial charge in [-0.15, -0.1) is 0 Å². The summed E-state index contributed by atoms with van der Waals surface area (Å²) in [7, 11) is 0. The average Bonchev–Trinajstić information content (AvgIpc) is 2.64. The third-order valence-electron chi connectivity index (χ3n) is 2.19. The van der Waals surface area contributed by atoms with Crippen LogP contribution in [0, 0.1) is 17.0 Å². The number of nitro benzene ring substituents is 1. The van der Waals surface area contributed by atoms with E-state index in [1.54, 1.807) is 18.5 Å². The number of aryl methyl sites for hydroxylation is 1. The number of nitrogens with zero attached hydrogens (tertiary/aromatic N) is 3. The van der Waals surface area contributed by atoms with Crippen LogP contribution < -0.4 is 0 Å². The molecule has 5 nitrogen and oxygen atoms in total. The van der Waals surface area contributed by atoms with E-state index in [0.29, 0.717) is 5.69 Å². The van der Waals surface area contributed by atoms with Crippen LogP contribution in [0.15, 0.2) is 35.1 Å². The summed E-state index contributed by atoms with van der Waals surface area (Å²) in [5.74, 6) is 0. The van der Waals surface area contributed by atoms with Crippen LogP contribution in [0.1, 0.15) is 5.56 Å². The van der Waals surface area contributed by atoms with Crippen molar-refractivity contribution in [3.05, 3.63) is 50.7 Å². The minimum atomic E-state index is -0.405. The third-order valence-corrected chi connectivity index (χ3v) is 2.60. The Morgan fingerprint density at radius 3 is 2.81 bits per heavy atom. The van der Waals surface area contributed by atoms with Crippen molar-refractivity contribution < 1.29 is 4.92 Å². The molecule has 0 spiro atoms. The minimum absolute atomic E-state index is 0.0515. The van der Waals surface area contributed by atoms with Gasteiger partial charge in [0, 0.05) is 12.3 Å². The molecule has 0 atom stereocenters. The van der Waals surface area contributed by atoms with E-state index >= 15 is 0 Å². The van der Waals surface area contributed by atoms with Crippen molar-refractivity contribution in [2.24, 2.45) is 0 Å². The van der Waals surface area contributed by atoms with Crippen LogP contribution in [0.2, 0.25) is 0 Å². The monoisotopic (exact) mass is 281 g/mol. The molecule has 0 unspecified atom stereocenters. The van der Waals surface area contributed by atoms with Crippen LogP contribution in [0.3, 0.4) is 0 Å². The molecule has 82 valence electrons. The molecule has 0 fully saturated rings. The zero-order valence-corrected chi connectivity index (χ0v) is 10.0. The first kappa shape index (κ1) is 10.8. The van der Waals surface area contributed by atoms with Crippen LogP contribution in [-0.2, 0) is 0 Å². The van der Waals surface area contributed by atoms with Gasteiger partial charge in [-0.2, -0.15) is 5.10 Å². The van der Waals surface area contributed by atoms with E-state index in [1.807, 2.05) is 13.0 Å². The van der Waals surface area contributed by atoms with E-state index in [0.717, 1.165) is 10.0 Å². The maximum atomic E-state index is 10.9. The molecule has 0 aliphatic rings. The highest BCUT2D eigenvalue weighted by atomic mass is 79.9. The zero-order valence-electron chi connectivity index (χ0n) is 8.42. The molecular formula is C10H8BrN3O2. The first-order chi connectivity index (χ1) is 7.59. The molecule has 16 heavy (non-hydrogen) atoms. The summed E-state index contributed by atoms with van der Waals surface area (Å²) in [6, 6.07) is 4.95. The fourth-order valence-electron chi connectivity index (χ4n) is 1.51. The first-order valence-corrected chi connectivity index (χ1v) is 5.33. The summed E-state index contributed by atoms with van der Waals surface area (Å²) in [5, 5.41) is 15.0. The smallest absolute Gasteiger partial charge is 0.258 e. The standard InChI is InChI=1S/C10H8BrN3O2/c1-7-3-2-4-9(14(15)16)10(7)13-6-8(11)5-12-13/h2-6H,1H3. The molecule has 0 aliphatic heterocycles. The van der Waals surface area contributed by atoms with Crippen LogP contribution in [0.4, 0.5) is 5.69 Å². The second-order valence-corrected chi connectivity index (χ2v) is 4.22. The Kier molecular flexibility index (Phi) is 2.74. The molecule has 0 saturated heterocycles. The van der Waals surface area contributed by atoms with Gasteiger partial charge < -0.3 is 0 Å². The Labute approximate surface area is 100.0 Å². The lowest BCUT2D eigenvalue weighted by molar-refractivity contribution is -0.384. The van der Waals surface area contributed by atoms with Gasteiger partial charge in [-0.25, -0.2) is 4.68 Å². The van der Waals surface area contributed by atoms with Gasteiger partial charge in [0.25, 0.3) is 5.69 Å². The second-order valence-electron chi connectivity index (χ2n) is 3.30. The normalized spacial score (nSPS) is 10.4. The van der Waals surface area contributed by atoms with E-state index in [4.69, 9.17) is 0 Å². The summed E-state index contributed by atoms with van der Waals surface area (Å²) in [6.45, 7) is 1.82. The second kappa shape index (κ2) is 4.05. The molecule has 6 heteroatoms. The number of nitro groups is 1. The average molecular weight is 282 g/mol. The lowest BCUT2D eigenvalue weighted by Crippen LogP contribution is -2.02. The third kappa shape index (κ3) is 1.83. The largest absolute Gasteiger partial charge is 0.295 e. The van der Waals surface area contributed by atoms with Gasteiger partial charge in [-0.3, -0.25) is 10.1 Å². The van der Waals surface area contributed by atoms with E-state index in [2.05, 4.69) is 21.0 Å². The van der Waals surface area contributed by atoms with Gasteiger partial charge in [0.05, 0.1) is 15.6 Å². The minimum Gasteiger partial charge on any atom is -0.258 e. The van der Waals surface area contributed by atoms with Crippen molar-refractivity contribution in [1.82, 2.24) is 9.78 Å². The molecule has 0 amide bonds. The van der Waals surface area contributed by atoms with Crippen molar-refractivity contribution in [3.8, 4) is 5.69 Å². The van der Waals surface area contributed by atoms with Crippen LogP contribution in [0.5, 0.6) is 0 Å². The van der Waals surface area contributed by atoms with E-state index in [9.17, 15) is 10.1 Å². The van der Waals surface area contributed by atoms with Gasteiger partial charge in [0.2, 0.25) is 0 Å². The van der Waals surface area contributed by atoms with Gasteiger partial charge >= 0.3 is 0 Å². The molecule has 0 radical (unpaired) electrons. The fourth-order valence-corrected chi connectivity index (χ4v) is 1.80. The number of benzene rings is 1. The Balaban J connectivity index is 2.67. The highest BCUT2D eigenvalue weighted by molar-refractivity contribution is 9.10. The van der Waals surface area contributed by atoms with Crippen LogP contribution >= 0.6 is 15.9 Å². The van der Waals surface area contributed by atoms with Crippen molar-refractivity contribution >= 4 is 21.6 Å². The van der Waals surface area contributed by atoms with Crippen LogP contribution in [-0.4, -0.2) is 14.7 Å². The summed E-state index contributed by atoms with van der Waals surface area (Å²) in [4.78, 5) is 10.5. The lowest BCUT2D eigenvalue weighted by Gasteiger charge is -2.05. The molecule has 0 N–H and O–H groups in total. The lowest BCUT2D eigenvalue weighted by atomic mass is 10.1. The molecule has 0 saturated carbocycles. The number of para-hydroxylation sites is 1. The topological polar surface area (TPSA) is 61.0 Å². The Morgan fingerprint density at radius 2 is 2.25 bits per heavy atom. The Bertz CT molecular complexity index is 551. The van der Waals surface area contributed by atoms with Crippen molar-refractivity contribution in [2.45, 2.75) is 6.92 Å². The number of hydrogen-bond donors (Lipinski definition) is 0. The van der Waals surface area contributed by atoms with E-state index in [1.165, 1.54) is 10.7 Å². The SMILES string of the molecule is Cc1cccc([N+](=O)[O-])c1-n1cc(Br)cn1. The predicted octanol–water partition coefficient (Wildman–Crippen LogP) is 2.85. The predicted molar refractivity (Wildman–Crippen MR) is 62.7 cm³/mol. The fraction of sp³-hybridized carbons (Fsp3) is 0.100. The molecule has 2 aromatic rings. The van der Waals surface area contributed by atoms with E-state index < -0.39 is 4.92 Å². The van der Waals surface area contributed by atoms with Gasteiger partial charge in [-0.05, 0) is 28.4 Å².